The van der Waals surface area contributed by atoms with Crippen molar-refractivity contribution in [3.05, 3.63) is 17.9 Å². The van der Waals surface area contributed by atoms with Crippen LogP contribution in [0.4, 0.5) is 0 Å². The van der Waals surface area contributed by atoms with Crippen LogP contribution >= 0.6 is 0 Å². The molecular weight excluding hydrogens is 119 g/mol. The molecule has 0 bridgehead atoms. The van der Waals surface area contributed by atoms with Gasteiger partial charge in [0.2, 0.25) is 0 Å². The second-order valence-electron chi connectivity index (χ2n) is 1.15. The van der Waals surface area contributed by atoms with Crippen molar-refractivity contribution in [2.24, 2.45) is 0 Å². The van der Waals surface area contributed by atoms with Gasteiger partial charge in [0.05, 0.1) is 0 Å². The van der Waals surface area contributed by atoms with Gasteiger partial charge in [0.25, 0.3) is 0 Å². The van der Waals surface area contributed by atoms with Crippen LogP contribution in [0, 0.1) is 0 Å². The molecule has 6 heavy (non-hydrogen) atoms. The molecule has 0 amide bonds. The molecule has 0 spiro atoms. The molecule has 1 aliphatic carbocycles. The Morgan fingerprint density at radius 2 is 1.67 bits per heavy atom. The molecule has 0 fully saturated rings. The standard InChI is InChI=1S/C5H6.Ni/c1-2-4-5-3-1;/h1,5H,2,4H2;. The summed E-state index contributed by atoms with van der Waals surface area (Å²) in [4.78, 5) is 0. The van der Waals surface area contributed by atoms with Gasteiger partial charge >= 0.3 is 0 Å². The molecule has 0 aromatic rings. The van der Waals surface area contributed by atoms with E-state index in [9.17, 15) is 0 Å². The molecule has 0 atom stereocenters. The molecule has 0 saturated heterocycles. The fourth-order valence-electron chi connectivity index (χ4n) is 0.417. The molecule has 1 aliphatic rings. The van der Waals surface area contributed by atoms with Crippen molar-refractivity contribution < 1.29 is 16.5 Å². The van der Waals surface area contributed by atoms with Gasteiger partial charge in [-0.25, -0.2) is 0 Å². The topological polar surface area (TPSA) is 0 Å². The maximum absolute atomic E-state index is 2.97. The number of hydrogen-bond acceptors (Lipinski definition) is 0. The first-order valence-corrected chi connectivity index (χ1v) is 1.89. The first-order chi connectivity index (χ1) is 2.50. The monoisotopic (exact) mass is 124 g/mol. The molecule has 1 heteroatoms. The van der Waals surface area contributed by atoms with E-state index in [1.165, 1.54) is 12.8 Å². The van der Waals surface area contributed by atoms with Crippen molar-refractivity contribution in [2.45, 2.75) is 12.8 Å². The summed E-state index contributed by atoms with van der Waals surface area (Å²) in [5.74, 6) is 0. The van der Waals surface area contributed by atoms with E-state index in [1.807, 2.05) is 0 Å². The Balaban J connectivity index is 0.000000250. The van der Waals surface area contributed by atoms with Crippen LogP contribution in [0.1, 0.15) is 12.8 Å². The summed E-state index contributed by atoms with van der Waals surface area (Å²) >= 11 is 0. The normalized spacial score (nSPS) is 14.7. The van der Waals surface area contributed by atoms with Gasteiger partial charge in [0.1, 0.15) is 0 Å². The van der Waals surface area contributed by atoms with Crippen LogP contribution in [0.2, 0.25) is 0 Å². The van der Waals surface area contributed by atoms with Gasteiger partial charge in [0, 0.05) is 16.5 Å². The third kappa shape index (κ3) is 1.45. The molecule has 0 aromatic carbocycles. The Morgan fingerprint density at radius 3 is 1.83 bits per heavy atom. The molecule has 0 aromatic heterocycles. The molecule has 0 heterocycles. The van der Waals surface area contributed by atoms with Gasteiger partial charge < -0.3 is 0 Å². The predicted molar refractivity (Wildman–Crippen MR) is 21.9 cm³/mol. The van der Waals surface area contributed by atoms with E-state index in [2.05, 4.69) is 17.9 Å². The second kappa shape index (κ2) is 3.21. The van der Waals surface area contributed by atoms with Crippen molar-refractivity contribution in [2.75, 3.05) is 0 Å². The van der Waals surface area contributed by atoms with Crippen molar-refractivity contribution in [1.82, 2.24) is 0 Å². The Morgan fingerprint density at radius 1 is 1.17 bits per heavy atom. The van der Waals surface area contributed by atoms with Crippen molar-refractivity contribution in [3.63, 3.8) is 0 Å². The molecular formula is C5H6Ni. The Bertz CT molecular complexity index is 69.9. The van der Waals surface area contributed by atoms with E-state index < -0.39 is 0 Å². The molecule has 0 radical (unpaired) electrons. The average molecular weight is 125 g/mol. The molecule has 0 unspecified atom stereocenters. The Hall–Kier alpha value is 0.0135. The quantitative estimate of drug-likeness (QED) is 0.339. The fraction of sp³-hybridized carbons (Fsp3) is 0.400. The molecule has 0 nitrogen and oxygen atoms in total. The summed E-state index contributed by atoms with van der Waals surface area (Å²) in [5, 5.41) is 0. The van der Waals surface area contributed by atoms with Crippen LogP contribution in [-0.2, 0) is 16.5 Å². The minimum atomic E-state index is 0. The summed E-state index contributed by atoms with van der Waals surface area (Å²) < 4.78 is 0. The van der Waals surface area contributed by atoms with Gasteiger partial charge in [-0.05, 0) is 25.0 Å². The van der Waals surface area contributed by atoms with Crippen LogP contribution in [0.3, 0.4) is 0 Å². The third-order valence-electron chi connectivity index (χ3n) is 0.691. The molecule has 0 saturated carbocycles. The van der Waals surface area contributed by atoms with Crippen molar-refractivity contribution >= 4 is 0 Å². The summed E-state index contributed by atoms with van der Waals surface area (Å²) in [5.41, 5.74) is 2.97. The van der Waals surface area contributed by atoms with E-state index in [0.717, 1.165) is 0 Å². The first kappa shape index (κ1) is 6.01. The fourth-order valence-corrected chi connectivity index (χ4v) is 0.417. The first-order valence-electron chi connectivity index (χ1n) is 1.89. The SMILES string of the molecule is C1=CCCC=1.[Ni]. The van der Waals surface area contributed by atoms with Crippen LogP contribution in [-0.4, -0.2) is 0 Å². The van der Waals surface area contributed by atoms with Crippen molar-refractivity contribution in [3.8, 4) is 0 Å². The zero-order chi connectivity index (χ0) is 3.54. The minimum Gasteiger partial charge on any atom is -0.130 e. The summed E-state index contributed by atoms with van der Waals surface area (Å²) in [6.45, 7) is 0. The smallest absolute Gasteiger partial charge is 0 e. The summed E-state index contributed by atoms with van der Waals surface area (Å²) in [6.07, 6.45) is 6.53. The van der Waals surface area contributed by atoms with E-state index in [-0.39, 0.29) is 16.5 Å². The van der Waals surface area contributed by atoms with Crippen LogP contribution < -0.4 is 0 Å². The maximum atomic E-state index is 2.97. The summed E-state index contributed by atoms with van der Waals surface area (Å²) in [7, 11) is 0. The van der Waals surface area contributed by atoms with E-state index in [1.54, 1.807) is 0 Å². The van der Waals surface area contributed by atoms with Gasteiger partial charge in [-0.2, -0.15) is 0 Å². The van der Waals surface area contributed by atoms with Crippen LogP contribution in [0.5, 0.6) is 0 Å². The van der Waals surface area contributed by atoms with Gasteiger partial charge in [0.15, 0.2) is 0 Å². The third-order valence-corrected chi connectivity index (χ3v) is 0.691. The Labute approximate surface area is 47.9 Å². The second-order valence-corrected chi connectivity index (χ2v) is 1.15. The molecule has 0 N–H and O–H groups in total. The largest absolute Gasteiger partial charge is 0.130 e. The number of rotatable bonds is 0. The van der Waals surface area contributed by atoms with Crippen LogP contribution in [0.15, 0.2) is 17.9 Å². The van der Waals surface area contributed by atoms with Crippen LogP contribution in [0.25, 0.3) is 0 Å². The molecule has 0 aliphatic heterocycles. The van der Waals surface area contributed by atoms with Gasteiger partial charge in [-0.3, -0.25) is 0 Å². The molecule has 1 rings (SSSR count). The summed E-state index contributed by atoms with van der Waals surface area (Å²) in [6, 6.07) is 0. The number of hydrogen-bond donors (Lipinski definition) is 0. The Kier molecular flexibility index (Phi) is 3.22. The average Bonchev–Trinajstić information content (AvgIpc) is 1.76. The van der Waals surface area contributed by atoms with Gasteiger partial charge in [-0.1, -0.05) is 0 Å². The zero-order valence-electron chi connectivity index (χ0n) is 3.39. The predicted octanol–water partition coefficient (Wildman–Crippen LogP) is 1.49. The maximum Gasteiger partial charge on any atom is 0 e. The van der Waals surface area contributed by atoms with E-state index >= 15 is 0 Å². The molecule has 36 valence electrons. The zero-order valence-corrected chi connectivity index (χ0v) is 4.37. The van der Waals surface area contributed by atoms with E-state index in [4.69, 9.17) is 0 Å². The van der Waals surface area contributed by atoms with Crippen molar-refractivity contribution in [1.29, 1.82) is 0 Å². The number of allylic oxidation sites excluding steroid dienone is 1. The minimum absolute atomic E-state index is 0. The van der Waals surface area contributed by atoms with E-state index in [0.29, 0.717) is 0 Å². The van der Waals surface area contributed by atoms with Gasteiger partial charge in [-0.15, -0.1) is 5.73 Å².